The minimum Gasteiger partial charge on any atom is -0.502 e. The second kappa shape index (κ2) is 9.44. The molecule has 4 rings (SSSR count). The van der Waals surface area contributed by atoms with Crippen molar-refractivity contribution >= 4 is 11.4 Å². The predicted octanol–water partition coefficient (Wildman–Crippen LogP) is 4.46. The molecular weight excluding hydrogens is 442 g/mol. The Kier molecular flexibility index (Phi) is 6.43. The standard InChI is InChI=1S/C26H22F2N2O4/c1-14(17-10-18(27)13-19(28)11-17)29-22(15-6-8-21(34-2)9-7-15)16-4-3-5-20(12-16)30-23-24(31)26(33)25(23)32/h3-14,22,29-31H,1-2H3. The third kappa shape index (κ3) is 4.67. The van der Waals surface area contributed by atoms with Gasteiger partial charge in [0.1, 0.15) is 23.1 Å². The summed E-state index contributed by atoms with van der Waals surface area (Å²) in [5.41, 5.74) is 0.709. The molecule has 0 aliphatic rings. The highest BCUT2D eigenvalue weighted by molar-refractivity contribution is 5.69. The molecule has 0 radical (unpaired) electrons. The topological polar surface area (TPSA) is 87.7 Å². The smallest absolute Gasteiger partial charge is 0.271 e. The van der Waals surface area contributed by atoms with Gasteiger partial charge in [0.15, 0.2) is 5.75 Å². The van der Waals surface area contributed by atoms with Gasteiger partial charge in [0.2, 0.25) is 0 Å². The van der Waals surface area contributed by atoms with Gasteiger partial charge in [-0.3, -0.25) is 14.9 Å². The lowest BCUT2D eigenvalue weighted by molar-refractivity contribution is 0.414. The van der Waals surface area contributed by atoms with Gasteiger partial charge in [0.25, 0.3) is 10.9 Å². The number of anilines is 2. The molecule has 0 bridgehead atoms. The summed E-state index contributed by atoms with van der Waals surface area (Å²) in [6.45, 7) is 1.80. The molecule has 0 saturated heterocycles. The third-order valence-electron chi connectivity index (χ3n) is 5.63. The number of benzene rings is 3. The Bertz CT molecular complexity index is 1380. The van der Waals surface area contributed by atoms with Crippen LogP contribution in [-0.4, -0.2) is 12.2 Å². The highest BCUT2D eigenvalue weighted by Gasteiger charge is 2.22. The fraction of sp³-hybridized carbons (Fsp3) is 0.154. The molecule has 3 N–H and O–H groups in total. The first-order chi connectivity index (χ1) is 16.3. The lowest BCUT2D eigenvalue weighted by Gasteiger charge is -2.25. The summed E-state index contributed by atoms with van der Waals surface area (Å²) in [4.78, 5) is 23.0. The van der Waals surface area contributed by atoms with Gasteiger partial charge >= 0.3 is 0 Å². The van der Waals surface area contributed by atoms with Gasteiger partial charge < -0.3 is 15.2 Å². The zero-order valence-corrected chi connectivity index (χ0v) is 18.4. The molecule has 0 aliphatic carbocycles. The van der Waals surface area contributed by atoms with Crippen LogP contribution in [0.15, 0.2) is 76.3 Å². The van der Waals surface area contributed by atoms with Gasteiger partial charge in [-0.05, 0) is 60.0 Å². The molecule has 4 aromatic rings. The molecule has 34 heavy (non-hydrogen) atoms. The predicted molar refractivity (Wildman–Crippen MR) is 125 cm³/mol. The van der Waals surface area contributed by atoms with Crippen molar-refractivity contribution in [3.05, 3.63) is 116 Å². The Morgan fingerprint density at radius 1 is 0.853 bits per heavy atom. The summed E-state index contributed by atoms with van der Waals surface area (Å²) in [6.07, 6.45) is 0. The molecule has 0 saturated carbocycles. The lowest BCUT2D eigenvalue weighted by Crippen LogP contribution is -2.32. The Balaban J connectivity index is 1.69. The summed E-state index contributed by atoms with van der Waals surface area (Å²) >= 11 is 0. The minimum atomic E-state index is -0.924. The number of nitrogens with one attached hydrogen (secondary N) is 2. The van der Waals surface area contributed by atoms with Gasteiger partial charge in [0, 0.05) is 17.8 Å². The van der Waals surface area contributed by atoms with Crippen molar-refractivity contribution in [3.63, 3.8) is 0 Å². The highest BCUT2D eigenvalue weighted by atomic mass is 19.1. The molecule has 2 unspecified atom stereocenters. The average molecular weight is 464 g/mol. The first kappa shape index (κ1) is 23.1. The Hall–Kier alpha value is -4.04. The number of rotatable bonds is 8. The first-order valence-corrected chi connectivity index (χ1v) is 10.5. The van der Waals surface area contributed by atoms with Crippen LogP contribution in [0, 0.1) is 11.6 Å². The van der Waals surface area contributed by atoms with Gasteiger partial charge in [-0.1, -0.05) is 24.3 Å². The molecule has 2 atom stereocenters. The molecule has 8 heteroatoms. The van der Waals surface area contributed by atoms with E-state index in [4.69, 9.17) is 4.74 Å². The maximum Gasteiger partial charge on any atom is 0.271 e. The summed E-state index contributed by atoms with van der Waals surface area (Å²) in [5.74, 6) is -1.25. The quantitative estimate of drug-likeness (QED) is 0.334. The normalized spacial score (nSPS) is 12.9. The van der Waals surface area contributed by atoms with E-state index in [0.717, 1.165) is 17.2 Å². The number of ether oxygens (including phenoxy) is 1. The fourth-order valence-electron chi connectivity index (χ4n) is 3.79. The summed E-state index contributed by atoms with van der Waals surface area (Å²) < 4.78 is 32.8. The molecule has 0 amide bonds. The number of aromatic hydroxyl groups is 1. The molecule has 0 aromatic heterocycles. The van der Waals surface area contributed by atoms with Crippen LogP contribution in [0.25, 0.3) is 0 Å². The maximum atomic E-state index is 13.8. The number of hydrogen-bond donors (Lipinski definition) is 3. The van der Waals surface area contributed by atoms with E-state index in [1.807, 2.05) is 18.2 Å². The van der Waals surface area contributed by atoms with E-state index < -0.39 is 40.3 Å². The van der Waals surface area contributed by atoms with E-state index >= 15 is 0 Å². The van der Waals surface area contributed by atoms with Crippen molar-refractivity contribution in [1.82, 2.24) is 5.32 Å². The van der Waals surface area contributed by atoms with Crippen LogP contribution in [0.4, 0.5) is 20.2 Å². The zero-order valence-electron chi connectivity index (χ0n) is 18.4. The molecule has 0 spiro atoms. The van der Waals surface area contributed by atoms with Crippen molar-refractivity contribution in [1.29, 1.82) is 0 Å². The average Bonchev–Trinajstić information content (AvgIpc) is 2.84. The van der Waals surface area contributed by atoms with E-state index in [2.05, 4.69) is 10.6 Å². The summed E-state index contributed by atoms with van der Waals surface area (Å²) in [5, 5.41) is 15.9. The molecule has 0 fully saturated rings. The van der Waals surface area contributed by atoms with Crippen LogP contribution in [0.3, 0.4) is 0 Å². The van der Waals surface area contributed by atoms with Crippen LogP contribution < -0.4 is 26.2 Å². The van der Waals surface area contributed by atoms with Crippen LogP contribution in [-0.2, 0) is 0 Å². The lowest BCUT2D eigenvalue weighted by atomic mass is 9.96. The molecular formula is C26H22F2N2O4. The van der Waals surface area contributed by atoms with Gasteiger partial charge in [0.05, 0.1) is 13.2 Å². The van der Waals surface area contributed by atoms with E-state index in [-0.39, 0.29) is 5.69 Å². The fourth-order valence-corrected chi connectivity index (χ4v) is 3.79. The van der Waals surface area contributed by atoms with Crippen LogP contribution >= 0.6 is 0 Å². The molecule has 0 heterocycles. The number of methoxy groups -OCH3 is 1. The molecule has 6 nitrogen and oxygen atoms in total. The zero-order chi connectivity index (χ0) is 24.4. The molecule has 174 valence electrons. The van der Waals surface area contributed by atoms with Gasteiger partial charge in [-0.2, -0.15) is 0 Å². The van der Waals surface area contributed by atoms with E-state index in [1.165, 1.54) is 12.1 Å². The van der Waals surface area contributed by atoms with E-state index in [1.54, 1.807) is 44.4 Å². The first-order valence-electron chi connectivity index (χ1n) is 10.5. The van der Waals surface area contributed by atoms with E-state index in [0.29, 0.717) is 17.0 Å². The van der Waals surface area contributed by atoms with Gasteiger partial charge in [-0.25, -0.2) is 8.78 Å². The van der Waals surface area contributed by atoms with Crippen LogP contribution in [0.2, 0.25) is 0 Å². The summed E-state index contributed by atoms with van der Waals surface area (Å²) in [7, 11) is 1.57. The molecule has 0 aliphatic heterocycles. The number of hydrogen-bond acceptors (Lipinski definition) is 6. The highest BCUT2D eigenvalue weighted by Crippen LogP contribution is 2.30. The van der Waals surface area contributed by atoms with Gasteiger partial charge in [-0.15, -0.1) is 0 Å². The Morgan fingerprint density at radius 2 is 1.53 bits per heavy atom. The molecule has 4 aromatic carbocycles. The van der Waals surface area contributed by atoms with Crippen molar-refractivity contribution in [2.24, 2.45) is 0 Å². The van der Waals surface area contributed by atoms with Crippen molar-refractivity contribution < 1.29 is 18.6 Å². The van der Waals surface area contributed by atoms with Crippen molar-refractivity contribution in [2.45, 2.75) is 19.0 Å². The third-order valence-corrected chi connectivity index (χ3v) is 5.63. The number of halogens is 2. The monoisotopic (exact) mass is 464 g/mol. The largest absolute Gasteiger partial charge is 0.502 e. The SMILES string of the molecule is COc1ccc(C(NC(C)c2cc(F)cc(F)c2)c2cccc(Nc3c(O)c(=O)c3=O)c2)cc1. The maximum absolute atomic E-state index is 13.8. The van der Waals surface area contributed by atoms with Crippen molar-refractivity contribution in [3.8, 4) is 11.5 Å². The van der Waals surface area contributed by atoms with Crippen LogP contribution in [0.1, 0.15) is 35.7 Å². The Morgan fingerprint density at radius 3 is 2.15 bits per heavy atom. The summed E-state index contributed by atoms with van der Waals surface area (Å²) in [6, 6.07) is 17.0. The second-order valence-corrected chi connectivity index (χ2v) is 7.93. The van der Waals surface area contributed by atoms with E-state index in [9.17, 15) is 23.5 Å². The minimum absolute atomic E-state index is 0.153. The van der Waals surface area contributed by atoms with Crippen LogP contribution in [0.5, 0.6) is 11.5 Å². The van der Waals surface area contributed by atoms with Crippen molar-refractivity contribution in [2.75, 3.05) is 12.4 Å². The second-order valence-electron chi connectivity index (χ2n) is 7.93. The Labute approximate surface area is 194 Å².